The Morgan fingerprint density at radius 3 is 2.29 bits per heavy atom. The predicted octanol–water partition coefficient (Wildman–Crippen LogP) is 1.71. The van der Waals surface area contributed by atoms with Crippen LogP contribution in [0, 0.1) is 0 Å². The van der Waals surface area contributed by atoms with Crippen LogP contribution in [-0.4, -0.2) is 18.4 Å². The zero-order valence-corrected chi connectivity index (χ0v) is 8.11. The molecular weight excluding hydrogens is 180 g/mol. The minimum Gasteiger partial charge on any atom is -0.459 e. The minimum atomic E-state index is -0.377. The van der Waals surface area contributed by atoms with E-state index in [2.05, 4.69) is 0 Å². The van der Waals surface area contributed by atoms with E-state index < -0.39 is 0 Å². The van der Waals surface area contributed by atoms with Gasteiger partial charge >= 0.3 is 5.97 Å². The highest BCUT2D eigenvalue weighted by Crippen LogP contribution is 2.05. The summed E-state index contributed by atoms with van der Waals surface area (Å²) in [6.45, 7) is 3.57. The van der Waals surface area contributed by atoms with Crippen molar-refractivity contribution in [2.24, 2.45) is 0 Å². The zero-order chi connectivity index (χ0) is 10.6. The van der Waals surface area contributed by atoms with Gasteiger partial charge in [0.2, 0.25) is 6.29 Å². The van der Waals surface area contributed by atoms with Crippen molar-refractivity contribution in [3.63, 3.8) is 0 Å². The summed E-state index contributed by atoms with van der Waals surface area (Å²) < 4.78 is 4.97. The van der Waals surface area contributed by atoms with E-state index in [0.717, 1.165) is 0 Å². The molecule has 0 aromatic heterocycles. The first-order valence-corrected chi connectivity index (χ1v) is 4.32. The molecule has 0 spiro atoms. The number of benzene rings is 1. The van der Waals surface area contributed by atoms with Gasteiger partial charge in [-0.3, -0.25) is 4.79 Å². The zero-order valence-electron chi connectivity index (χ0n) is 8.11. The Balaban J connectivity index is 2.76. The fraction of sp³-hybridized carbons (Fsp3) is 0.273. The van der Waals surface area contributed by atoms with E-state index in [1.807, 2.05) is 0 Å². The first kappa shape index (κ1) is 10.4. The van der Waals surface area contributed by atoms with Crippen LogP contribution in [-0.2, 0) is 9.53 Å². The van der Waals surface area contributed by atoms with Crippen LogP contribution in [0.2, 0.25) is 0 Å². The number of hydrogen-bond donors (Lipinski definition) is 0. The molecule has 0 unspecified atom stereocenters. The summed E-state index contributed by atoms with van der Waals surface area (Å²) in [5.74, 6) is -0.377. The summed E-state index contributed by atoms with van der Waals surface area (Å²) in [6, 6.07) is 6.16. The van der Waals surface area contributed by atoms with Crippen molar-refractivity contribution in [2.45, 2.75) is 20.0 Å². The summed E-state index contributed by atoms with van der Waals surface area (Å²) in [5.41, 5.74) is 0.865. The summed E-state index contributed by atoms with van der Waals surface area (Å²) in [4.78, 5) is 21.6. The monoisotopic (exact) mass is 191 g/mol. The van der Waals surface area contributed by atoms with Crippen molar-refractivity contribution in [1.82, 2.24) is 0 Å². The van der Waals surface area contributed by atoms with E-state index in [1.165, 1.54) is 12.1 Å². The van der Waals surface area contributed by atoms with Crippen molar-refractivity contribution >= 4 is 12.3 Å². The molecule has 0 N–H and O–H groups in total. The van der Waals surface area contributed by atoms with Crippen LogP contribution in [0.3, 0.4) is 0 Å². The van der Waals surface area contributed by atoms with E-state index in [4.69, 9.17) is 4.74 Å². The van der Waals surface area contributed by atoms with E-state index in [1.54, 1.807) is 32.3 Å². The summed E-state index contributed by atoms with van der Waals surface area (Å²) in [6.07, 6.45) is 1.59. The molecule has 14 heavy (non-hydrogen) atoms. The number of carbonyl (C=O) groups excluding carboxylic acids is 2. The van der Waals surface area contributed by atoms with Crippen molar-refractivity contribution in [1.29, 1.82) is 0 Å². The maximum absolute atomic E-state index is 11.3. The van der Waals surface area contributed by atoms with Crippen LogP contribution in [0.5, 0.6) is 0 Å². The average Bonchev–Trinajstić information content (AvgIpc) is 2.17. The lowest BCUT2D eigenvalue weighted by atomic mass is 10.1. The molecule has 0 aliphatic rings. The first-order chi connectivity index (χ1) is 6.63. The summed E-state index contributed by atoms with van der Waals surface area (Å²) in [7, 11) is 0. The van der Waals surface area contributed by atoms with Gasteiger partial charge in [0.1, 0.15) is 0 Å². The van der Waals surface area contributed by atoms with Gasteiger partial charge in [0.05, 0.1) is 11.7 Å². The molecular formula is C11H11O3. The first-order valence-electron chi connectivity index (χ1n) is 4.32. The van der Waals surface area contributed by atoms with Crippen molar-refractivity contribution < 1.29 is 14.3 Å². The summed E-state index contributed by atoms with van der Waals surface area (Å²) >= 11 is 0. The molecule has 3 heteroatoms. The third-order valence-electron chi connectivity index (χ3n) is 1.58. The van der Waals surface area contributed by atoms with Gasteiger partial charge in [-0.15, -0.1) is 0 Å². The van der Waals surface area contributed by atoms with Crippen LogP contribution in [0.1, 0.15) is 29.8 Å². The quantitative estimate of drug-likeness (QED) is 0.683. The molecule has 1 aromatic rings. The molecule has 1 radical (unpaired) electrons. The molecule has 3 nitrogen and oxygen atoms in total. The molecule has 0 aliphatic heterocycles. The summed E-state index contributed by atoms with van der Waals surface area (Å²) in [5, 5.41) is 0. The van der Waals surface area contributed by atoms with Crippen LogP contribution >= 0.6 is 0 Å². The lowest BCUT2D eigenvalue weighted by Gasteiger charge is -2.07. The third-order valence-corrected chi connectivity index (χ3v) is 1.58. The minimum absolute atomic E-state index is 0.139. The Hall–Kier alpha value is -1.64. The van der Waals surface area contributed by atoms with Gasteiger partial charge in [-0.2, -0.15) is 0 Å². The van der Waals surface area contributed by atoms with Gasteiger partial charge in [0.15, 0.2) is 0 Å². The van der Waals surface area contributed by atoms with E-state index in [-0.39, 0.29) is 12.1 Å². The van der Waals surface area contributed by atoms with Gasteiger partial charge in [0, 0.05) is 5.56 Å². The van der Waals surface area contributed by atoms with Gasteiger partial charge in [-0.05, 0) is 26.0 Å². The SMILES string of the molecule is CC(C)OC(=O)c1ccc([C]=O)cc1. The van der Waals surface area contributed by atoms with Crippen LogP contribution in [0.25, 0.3) is 0 Å². The number of carbonyl (C=O) groups is 1. The van der Waals surface area contributed by atoms with E-state index in [9.17, 15) is 9.59 Å². The highest BCUT2D eigenvalue weighted by molar-refractivity contribution is 5.90. The maximum atomic E-state index is 11.3. The topological polar surface area (TPSA) is 43.4 Å². The molecule has 1 aromatic carbocycles. The lowest BCUT2D eigenvalue weighted by Crippen LogP contribution is -2.11. The molecule has 0 saturated heterocycles. The Kier molecular flexibility index (Phi) is 3.40. The maximum Gasteiger partial charge on any atom is 0.338 e. The Morgan fingerprint density at radius 2 is 1.86 bits per heavy atom. The van der Waals surface area contributed by atoms with E-state index in [0.29, 0.717) is 11.1 Å². The highest BCUT2D eigenvalue weighted by atomic mass is 16.5. The second-order valence-corrected chi connectivity index (χ2v) is 3.13. The van der Waals surface area contributed by atoms with Crippen molar-refractivity contribution in [3.8, 4) is 0 Å². The smallest absolute Gasteiger partial charge is 0.338 e. The molecule has 0 atom stereocenters. The van der Waals surface area contributed by atoms with Gasteiger partial charge < -0.3 is 4.74 Å². The number of esters is 1. The van der Waals surface area contributed by atoms with E-state index >= 15 is 0 Å². The molecule has 1 rings (SSSR count). The second-order valence-electron chi connectivity index (χ2n) is 3.13. The molecule has 0 amide bonds. The molecule has 0 heterocycles. The number of ether oxygens (including phenoxy) is 1. The number of hydrogen-bond acceptors (Lipinski definition) is 3. The fourth-order valence-corrected chi connectivity index (χ4v) is 0.956. The van der Waals surface area contributed by atoms with Crippen LogP contribution < -0.4 is 0 Å². The number of rotatable bonds is 3. The molecule has 73 valence electrons. The Morgan fingerprint density at radius 1 is 1.29 bits per heavy atom. The normalized spacial score (nSPS) is 9.93. The largest absolute Gasteiger partial charge is 0.459 e. The van der Waals surface area contributed by atoms with Crippen LogP contribution in [0.15, 0.2) is 24.3 Å². The van der Waals surface area contributed by atoms with Gasteiger partial charge in [-0.25, -0.2) is 4.79 Å². The standard InChI is InChI=1S/C11H11O3/c1-8(2)14-11(13)10-5-3-9(7-12)4-6-10/h3-6,8H,1-2H3. The lowest BCUT2D eigenvalue weighted by molar-refractivity contribution is 0.0378. The molecule has 0 fully saturated rings. The Bertz CT molecular complexity index is 325. The van der Waals surface area contributed by atoms with Crippen LogP contribution in [0.4, 0.5) is 0 Å². The fourth-order valence-electron chi connectivity index (χ4n) is 0.956. The van der Waals surface area contributed by atoms with Crippen molar-refractivity contribution in [2.75, 3.05) is 0 Å². The van der Waals surface area contributed by atoms with Crippen molar-refractivity contribution in [3.05, 3.63) is 35.4 Å². The van der Waals surface area contributed by atoms with Gasteiger partial charge in [0.25, 0.3) is 0 Å². The highest BCUT2D eigenvalue weighted by Gasteiger charge is 2.08. The predicted molar refractivity (Wildman–Crippen MR) is 51.8 cm³/mol. The molecule has 0 aliphatic carbocycles. The molecule has 0 saturated carbocycles. The Labute approximate surface area is 82.7 Å². The third kappa shape index (κ3) is 2.69. The van der Waals surface area contributed by atoms with Gasteiger partial charge in [-0.1, -0.05) is 12.1 Å². The second kappa shape index (κ2) is 4.56. The average molecular weight is 191 g/mol. The molecule has 0 bridgehead atoms.